The summed E-state index contributed by atoms with van der Waals surface area (Å²) in [5.41, 5.74) is 11.8. The van der Waals surface area contributed by atoms with Gasteiger partial charge in [0.15, 0.2) is 0 Å². The second-order valence-electron chi connectivity index (χ2n) is 5.50. The van der Waals surface area contributed by atoms with E-state index in [1.165, 1.54) is 16.0 Å². The van der Waals surface area contributed by atoms with E-state index in [-0.39, 0.29) is 0 Å². The number of H-pyrrole nitrogens is 1. The van der Waals surface area contributed by atoms with Crippen molar-refractivity contribution in [3.8, 4) is 33.9 Å². The van der Waals surface area contributed by atoms with Crippen LogP contribution in [-0.4, -0.2) is 14.2 Å². The molecule has 0 atom stereocenters. The molecule has 4 rings (SSSR count). The highest BCUT2D eigenvalue weighted by molar-refractivity contribution is 7.15. The molecule has 1 aliphatic carbocycles. The molecule has 0 aliphatic heterocycles. The minimum Gasteiger partial charge on any atom is -0.497 e. The van der Waals surface area contributed by atoms with Crippen LogP contribution in [0.5, 0.6) is 11.5 Å². The van der Waals surface area contributed by atoms with Crippen LogP contribution < -0.4 is 20.2 Å². The number of hydrogen-bond acceptors (Lipinski definition) is 4. The minimum absolute atomic E-state index is 0.765. The van der Waals surface area contributed by atoms with E-state index < -0.39 is 0 Å². The number of aromatic nitrogens is 1. The van der Waals surface area contributed by atoms with Crippen molar-refractivity contribution in [3.63, 3.8) is 0 Å². The summed E-state index contributed by atoms with van der Waals surface area (Å²) in [5, 5.41) is 0.765. The van der Waals surface area contributed by atoms with Crippen LogP contribution in [0.1, 0.15) is 10.4 Å². The maximum atomic E-state index is 5.87. The lowest BCUT2D eigenvalue weighted by Gasteiger charge is -2.11. The van der Waals surface area contributed by atoms with E-state index in [1.807, 2.05) is 18.2 Å². The van der Waals surface area contributed by atoms with Gasteiger partial charge in [0.2, 0.25) is 0 Å². The Balaban J connectivity index is 1.78. The first-order chi connectivity index (χ1) is 11.2. The van der Waals surface area contributed by atoms with Crippen LogP contribution in [0.2, 0.25) is 0 Å². The van der Waals surface area contributed by atoms with Crippen LogP contribution in [0, 0.1) is 0 Å². The van der Waals surface area contributed by atoms with Gasteiger partial charge < -0.3 is 9.47 Å². The lowest BCUT2D eigenvalue weighted by molar-refractivity contribution is -0.340. The molecule has 0 spiro atoms. The van der Waals surface area contributed by atoms with E-state index in [9.17, 15) is 0 Å². The van der Waals surface area contributed by atoms with Crippen LogP contribution >= 0.6 is 11.3 Å². The fraction of sp³-hybridized carbons (Fsp3) is 0.167. The topological polar surface area (TPSA) is 58.6 Å². The van der Waals surface area contributed by atoms with Crippen molar-refractivity contribution in [2.45, 2.75) is 6.42 Å². The number of methoxy groups -OCH3 is 2. The van der Waals surface area contributed by atoms with Gasteiger partial charge in [-0.05, 0) is 35.4 Å². The van der Waals surface area contributed by atoms with Gasteiger partial charge in [0.05, 0.1) is 19.1 Å². The molecule has 1 aliphatic rings. The molecule has 1 aromatic heterocycles. The summed E-state index contributed by atoms with van der Waals surface area (Å²) in [6.07, 6.45) is 0.926. The summed E-state index contributed by atoms with van der Waals surface area (Å²) in [4.78, 5) is 4.57. The predicted octanol–water partition coefficient (Wildman–Crippen LogP) is 3.40. The Kier molecular flexibility index (Phi) is 3.23. The number of ether oxygens (including phenoxy) is 2. The number of hydrogen-bond donors (Lipinski definition) is 1. The first kappa shape index (κ1) is 14.1. The number of nitrogen functional groups attached to an aromatic ring is 1. The molecule has 0 fully saturated rings. The Labute approximate surface area is 138 Å². The summed E-state index contributed by atoms with van der Waals surface area (Å²) in [6.45, 7) is 0. The molecule has 2 aromatic carbocycles. The van der Waals surface area contributed by atoms with Crippen LogP contribution in [0.4, 0.5) is 5.13 Å². The number of benzene rings is 2. The van der Waals surface area contributed by atoms with Gasteiger partial charge in [-0.3, -0.25) is 5.73 Å². The molecule has 0 unspecified atom stereocenters. The summed E-state index contributed by atoms with van der Waals surface area (Å²) in [7, 11) is 3.34. The van der Waals surface area contributed by atoms with E-state index in [1.54, 1.807) is 25.6 Å². The maximum absolute atomic E-state index is 5.87. The van der Waals surface area contributed by atoms with Crippen molar-refractivity contribution in [1.29, 1.82) is 0 Å². The molecule has 4 nitrogen and oxygen atoms in total. The molecule has 0 amide bonds. The molecular weight excluding hydrogens is 308 g/mol. The Morgan fingerprint density at radius 3 is 2.65 bits per heavy atom. The predicted molar refractivity (Wildman–Crippen MR) is 92.1 cm³/mol. The molecule has 5 heteroatoms. The summed E-state index contributed by atoms with van der Waals surface area (Å²) >= 11 is 1.63. The van der Waals surface area contributed by atoms with Gasteiger partial charge in [0, 0.05) is 23.6 Å². The average molecular weight is 325 g/mol. The second-order valence-corrected chi connectivity index (χ2v) is 6.64. The zero-order valence-electron chi connectivity index (χ0n) is 13.0. The fourth-order valence-corrected chi connectivity index (χ4v) is 4.01. The van der Waals surface area contributed by atoms with Crippen LogP contribution in [0.25, 0.3) is 22.4 Å². The molecule has 0 radical (unpaired) electrons. The third kappa shape index (κ3) is 2.24. The van der Waals surface area contributed by atoms with Crippen molar-refractivity contribution in [1.82, 2.24) is 0 Å². The highest BCUT2D eigenvalue weighted by Gasteiger charge is 2.26. The summed E-state index contributed by atoms with van der Waals surface area (Å²) < 4.78 is 10.8. The molecular formula is C18H17N2O2S+. The number of thiazole rings is 1. The zero-order chi connectivity index (χ0) is 16.0. The van der Waals surface area contributed by atoms with E-state index in [0.29, 0.717) is 0 Å². The molecule has 0 bridgehead atoms. The fourth-order valence-electron chi connectivity index (χ4n) is 3.11. The monoisotopic (exact) mass is 325 g/mol. The van der Waals surface area contributed by atoms with Crippen molar-refractivity contribution < 1.29 is 14.5 Å². The molecule has 3 aromatic rings. The third-order valence-electron chi connectivity index (χ3n) is 4.21. The highest BCUT2D eigenvalue weighted by Crippen LogP contribution is 2.41. The van der Waals surface area contributed by atoms with Crippen LogP contribution in [-0.2, 0) is 6.42 Å². The lowest BCUT2D eigenvalue weighted by atomic mass is 9.99. The number of rotatable bonds is 3. The number of anilines is 1. The van der Waals surface area contributed by atoms with Gasteiger partial charge in [-0.2, -0.15) is 0 Å². The molecule has 1 heterocycles. The molecule has 0 saturated carbocycles. The average Bonchev–Trinajstić information content (AvgIpc) is 3.09. The van der Waals surface area contributed by atoms with Gasteiger partial charge in [-0.15, -0.1) is 0 Å². The SMILES string of the molecule is COc1ccc(-c2ccc3c(c2)Cc2sc(N)[nH+]c2-3)c(OC)c1. The Morgan fingerprint density at radius 2 is 1.87 bits per heavy atom. The smallest absolute Gasteiger partial charge is 0.330 e. The van der Waals surface area contributed by atoms with E-state index in [2.05, 4.69) is 23.2 Å². The van der Waals surface area contributed by atoms with E-state index in [0.717, 1.165) is 39.9 Å². The number of fused-ring (bicyclic) bond motifs is 3. The Bertz CT molecular complexity index is 902. The second kappa shape index (κ2) is 5.28. The van der Waals surface area contributed by atoms with Crippen molar-refractivity contribution in [2.75, 3.05) is 20.0 Å². The number of nitrogens with one attached hydrogen (secondary N) is 1. The first-order valence-electron chi connectivity index (χ1n) is 7.35. The van der Waals surface area contributed by atoms with E-state index >= 15 is 0 Å². The highest BCUT2D eigenvalue weighted by atomic mass is 32.1. The molecule has 3 N–H and O–H groups in total. The van der Waals surface area contributed by atoms with Gasteiger partial charge in [0.1, 0.15) is 17.2 Å². The quantitative estimate of drug-likeness (QED) is 0.628. The van der Waals surface area contributed by atoms with Crippen molar-refractivity contribution in [2.24, 2.45) is 0 Å². The van der Waals surface area contributed by atoms with Crippen molar-refractivity contribution in [3.05, 3.63) is 46.8 Å². The largest absolute Gasteiger partial charge is 0.497 e. The van der Waals surface area contributed by atoms with Crippen molar-refractivity contribution >= 4 is 16.5 Å². The number of nitrogens with two attached hydrogens (primary N) is 1. The van der Waals surface area contributed by atoms with Crippen LogP contribution in [0.3, 0.4) is 0 Å². The summed E-state index contributed by atoms with van der Waals surface area (Å²) in [6, 6.07) is 12.4. The lowest BCUT2D eigenvalue weighted by Crippen LogP contribution is -2.06. The van der Waals surface area contributed by atoms with Crippen LogP contribution in [0.15, 0.2) is 36.4 Å². The Hall–Kier alpha value is -2.53. The van der Waals surface area contributed by atoms with Gasteiger partial charge in [0.25, 0.3) is 0 Å². The van der Waals surface area contributed by atoms with E-state index in [4.69, 9.17) is 15.2 Å². The third-order valence-corrected chi connectivity index (χ3v) is 5.12. The molecule has 116 valence electrons. The normalized spacial score (nSPS) is 11.9. The van der Waals surface area contributed by atoms with Gasteiger partial charge >= 0.3 is 5.13 Å². The molecule has 23 heavy (non-hydrogen) atoms. The maximum Gasteiger partial charge on any atom is 0.330 e. The zero-order valence-corrected chi connectivity index (χ0v) is 13.8. The van der Waals surface area contributed by atoms with Gasteiger partial charge in [-0.25, -0.2) is 4.98 Å². The number of aromatic amines is 1. The summed E-state index contributed by atoms with van der Waals surface area (Å²) in [5.74, 6) is 1.60. The molecule has 0 saturated heterocycles. The standard InChI is InChI=1S/C18H16N2O2S/c1-21-12-4-6-13(15(9-12)22-2)10-3-5-14-11(7-10)8-16-17(14)20-18(19)23-16/h3-7,9H,8H2,1-2H3,(H2,19,20)/p+1. The minimum atomic E-state index is 0.765. The van der Waals surface area contributed by atoms with Gasteiger partial charge in [-0.1, -0.05) is 17.4 Å². The Morgan fingerprint density at radius 1 is 1.04 bits per heavy atom. The first-order valence-corrected chi connectivity index (χ1v) is 8.17.